The number of hydrogen-bond donors (Lipinski definition) is 2. The largest absolute Gasteiger partial charge is 0.327 e. The Bertz CT molecular complexity index is 531. The van der Waals surface area contributed by atoms with E-state index in [-0.39, 0.29) is 11.9 Å². The number of allylic oxidation sites excluding steroid dienone is 1. The Morgan fingerprint density at radius 2 is 2.24 bits per heavy atom. The van der Waals surface area contributed by atoms with Crippen molar-refractivity contribution in [3.63, 3.8) is 0 Å². The number of carbonyl (C=O) groups is 1. The van der Waals surface area contributed by atoms with Gasteiger partial charge in [0.15, 0.2) is 0 Å². The second-order valence-electron chi connectivity index (χ2n) is 4.47. The van der Waals surface area contributed by atoms with Crippen molar-refractivity contribution in [2.24, 2.45) is 0 Å². The van der Waals surface area contributed by atoms with Crippen LogP contribution in [0.2, 0.25) is 0 Å². The molecule has 1 aromatic carbocycles. The zero-order valence-electron chi connectivity index (χ0n) is 9.49. The molecule has 3 rings (SSSR count). The van der Waals surface area contributed by atoms with Gasteiger partial charge in [-0.2, -0.15) is 0 Å². The standard InChI is InChI=1S/C14H14N2O/c1-9-8-15-13(14(17)16-9)12-6-5-10-3-2-4-11(10)7-12/h2,4-7,13,15H,1,3,8H2,(H,16,17). The van der Waals surface area contributed by atoms with E-state index in [1.54, 1.807) is 0 Å². The Hall–Kier alpha value is -1.87. The molecule has 0 radical (unpaired) electrons. The molecule has 1 aliphatic carbocycles. The summed E-state index contributed by atoms with van der Waals surface area (Å²) in [5.74, 6) is -0.0248. The quantitative estimate of drug-likeness (QED) is 0.762. The van der Waals surface area contributed by atoms with E-state index in [0.29, 0.717) is 6.54 Å². The Morgan fingerprint density at radius 3 is 3.06 bits per heavy atom. The number of amides is 1. The van der Waals surface area contributed by atoms with Crippen molar-refractivity contribution in [3.05, 3.63) is 53.2 Å². The van der Waals surface area contributed by atoms with Gasteiger partial charge in [0.05, 0.1) is 0 Å². The smallest absolute Gasteiger partial charge is 0.245 e. The minimum absolute atomic E-state index is 0.0248. The summed E-state index contributed by atoms with van der Waals surface area (Å²) in [6, 6.07) is 5.95. The van der Waals surface area contributed by atoms with Crippen LogP contribution in [-0.4, -0.2) is 12.5 Å². The fourth-order valence-corrected chi connectivity index (χ4v) is 2.32. The van der Waals surface area contributed by atoms with Crippen LogP contribution in [0, 0.1) is 0 Å². The van der Waals surface area contributed by atoms with Crippen molar-refractivity contribution < 1.29 is 4.79 Å². The Morgan fingerprint density at radius 1 is 1.35 bits per heavy atom. The van der Waals surface area contributed by atoms with E-state index in [2.05, 4.69) is 41.5 Å². The highest BCUT2D eigenvalue weighted by Gasteiger charge is 2.25. The Balaban J connectivity index is 1.91. The fraction of sp³-hybridized carbons (Fsp3) is 0.214. The van der Waals surface area contributed by atoms with Crippen molar-refractivity contribution >= 4 is 12.0 Å². The zero-order chi connectivity index (χ0) is 11.8. The molecule has 2 N–H and O–H groups in total. The van der Waals surface area contributed by atoms with Crippen LogP contribution >= 0.6 is 0 Å². The lowest BCUT2D eigenvalue weighted by Gasteiger charge is -2.25. The molecule has 1 atom stereocenters. The van der Waals surface area contributed by atoms with Crippen LogP contribution in [-0.2, 0) is 11.2 Å². The molecule has 86 valence electrons. The van der Waals surface area contributed by atoms with Gasteiger partial charge in [-0.1, -0.05) is 30.9 Å². The minimum Gasteiger partial charge on any atom is -0.327 e. The predicted octanol–water partition coefficient (Wildman–Crippen LogP) is 1.53. The third-order valence-electron chi connectivity index (χ3n) is 3.22. The molecule has 1 unspecified atom stereocenters. The maximum Gasteiger partial charge on any atom is 0.245 e. The highest BCUT2D eigenvalue weighted by atomic mass is 16.2. The van der Waals surface area contributed by atoms with E-state index in [1.165, 1.54) is 11.1 Å². The molecule has 0 saturated carbocycles. The summed E-state index contributed by atoms with van der Waals surface area (Å²) in [6.45, 7) is 4.37. The monoisotopic (exact) mass is 226 g/mol. The van der Waals surface area contributed by atoms with E-state index in [1.807, 2.05) is 6.07 Å². The molecule has 3 heteroatoms. The minimum atomic E-state index is -0.264. The van der Waals surface area contributed by atoms with Crippen LogP contribution in [0.15, 0.2) is 36.6 Å². The average Bonchev–Trinajstić information content (AvgIpc) is 2.75. The molecule has 1 aromatic rings. The third-order valence-corrected chi connectivity index (χ3v) is 3.22. The number of carbonyl (C=O) groups excluding carboxylic acids is 1. The van der Waals surface area contributed by atoms with Gasteiger partial charge in [-0.3, -0.25) is 10.1 Å². The summed E-state index contributed by atoms with van der Waals surface area (Å²) in [5.41, 5.74) is 4.29. The first-order chi connectivity index (χ1) is 8.24. The molecule has 0 bridgehead atoms. The molecule has 2 aliphatic rings. The van der Waals surface area contributed by atoms with Crippen molar-refractivity contribution in [1.82, 2.24) is 10.6 Å². The van der Waals surface area contributed by atoms with Crippen molar-refractivity contribution in [2.45, 2.75) is 12.5 Å². The van der Waals surface area contributed by atoms with Crippen LogP contribution in [0.4, 0.5) is 0 Å². The molecule has 1 saturated heterocycles. The number of benzene rings is 1. The van der Waals surface area contributed by atoms with Crippen molar-refractivity contribution in [2.75, 3.05) is 6.54 Å². The fourth-order valence-electron chi connectivity index (χ4n) is 2.32. The molecular weight excluding hydrogens is 212 g/mol. The van der Waals surface area contributed by atoms with Crippen LogP contribution < -0.4 is 10.6 Å². The van der Waals surface area contributed by atoms with Gasteiger partial charge in [-0.15, -0.1) is 0 Å². The summed E-state index contributed by atoms with van der Waals surface area (Å²) in [7, 11) is 0. The van der Waals surface area contributed by atoms with Gasteiger partial charge in [0.25, 0.3) is 0 Å². The number of nitrogens with one attached hydrogen (secondary N) is 2. The molecule has 17 heavy (non-hydrogen) atoms. The van der Waals surface area contributed by atoms with Crippen molar-refractivity contribution in [3.8, 4) is 0 Å². The predicted molar refractivity (Wildman–Crippen MR) is 67.2 cm³/mol. The van der Waals surface area contributed by atoms with Crippen molar-refractivity contribution in [1.29, 1.82) is 0 Å². The third kappa shape index (κ3) is 1.78. The number of hydrogen-bond acceptors (Lipinski definition) is 2. The summed E-state index contributed by atoms with van der Waals surface area (Å²) >= 11 is 0. The van der Waals surface area contributed by atoms with Gasteiger partial charge >= 0.3 is 0 Å². The van der Waals surface area contributed by atoms with Gasteiger partial charge < -0.3 is 5.32 Å². The van der Waals surface area contributed by atoms with Gasteiger partial charge in [0, 0.05) is 12.2 Å². The van der Waals surface area contributed by atoms with Gasteiger partial charge in [0.1, 0.15) is 6.04 Å². The summed E-state index contributed by atoms with van der Waals surface area (Å²) in [5, 5.41) is 5.97. The maximum atomic E-state index is 11.9. The zero-order valence-corrected chi connectivity index (χ0v) is 9.49. The molecule has 0 aromatic heterocycles. The van der Waals surface area contributed by atoms with Crippen LogP contribution in [0.3, 0.4) is 0 Å². The number of fused-ring (bicyclic) bond motifs is 1. The lowest BCUT2D eigenvalue weighted by atomic mass is 9.99. The molecule has 0 spiro atoms. The lowest BCUT2D eigenvalue weighted by Crippen LogP contribution is -2.45. The average molecular weight is 226 g/mol. The molecule has 3 nitrogen and oxygen atoms in total. The first-order valence-corrected chi connectivity index (χ1v) is 5.75. The van der Waals surface area contributed by atoms with Crippen LogP contribution in [0.1, 0.15) is 22.7 Å². The first-order valence-electron chi connectivity index (χ1n) is 5.75. The highest BCUT2D eigenvalue weighted by Crippen LogP contribution is 2.24. The van der Waals surface area contributed by atoms with Crippen LogP contribution in [0.5, 0.6) is 0 Å². The first kappa shape index (κ1) is 10.3. The SMILES string of the molecule is C=C1CNC(c2ccc3c(c2)C=CC3)C(=O)N1. The van der Waals surface area contributed by atoms with Gasteiger partial charge in [0.2, 0.25) is 5.91 Å². The summed E-state index contributed by atoms with van der Waals surface area (Å²) in [6.07, 6.45) is 5.25. The molecule has 1 fully saturated rings. The second kappa shape index (κ2) is 3.86. The highest BCUT2D eigenvalue weighted by molar-refractivity contribution is 5.86. The van der Waals surface area contributed by atoms with E-state index in [9.17, 15) is 4.79 Å². The Labute approximate surface area is 100 Å². The van der Waals surface area contributed by atoms with Crippen LogP contribution in [0.25, 0.3) is 6.08 Å². The lowest BCUT2D eigenvalue weighted by molar-refractivity contribution is -0.123. The normalized spacial score (nSPS) is 22.5. The Kier molecular flexibility index (Phi) is 2.34. The van der Waals surface area contributed by atoms with Gasteiger partial charge in [-0.05, 0) is 29.2 Å². The van der Waals surface area contributed by atoms with E-state index < -0.39 is 0 Å². The van der Waals surface area contributed by atoms with Gasteiger partial charge in [-0.25, -0.2) is 0 Å². The summed E-state index contributed by atoms with van der Waals surface area (Å²) < 4.78 is 0. The molecule has 1 amide bonds. The topological polar surface area (TPSA) is 41.1 Å². The van der Waals surface area contributed by atoms with E-state index in [4.69, 9.17) is 0 Å². The molecular formula is C14H14N2O. The van der Waals surface area contributed by atoms with E-state index in [0.717, 1.165) is 17.7 Å². The maximum absolute atomic E-state index is 11.9. The number of piperazine rings is 1. The summed E-state index contributed by atoms with van der Waals surface area (Å²) in [4.78, 5) is 11.9. The second-order valence-corrected chi connectivity index (χ2v) is 4.47. The molecule has 1 aliphatic heterocycles. The molecule has 1 heterocycles. The number of rotatable bonds is 1. The van der Waals surface area contributed by atoms with E-state index >= 15 is 0 Å².